The first kappa shape index (κ1) is 35.3. The van der Waals surface area contributed by atoms with Crippen LogP contribution in [0.25, 0.3) is 77.7 Å². The molecule has 4 aromatic heterocycles. The second-order valence-corrected chi connectivity index (χ2v) is 12.6. The molecule has 0 aliphatic heterocycles. The smallest absolute Gasteiger partial charge is 0.0787 e. The van der Waals surface area contributed by atoms with Gasteiger partial charge in [-0.2, -0.15) is 0 Å². The Bertz CT molecular complexity index is 2580. The summed E-state index contributed by atoms with van der Waals surface area (Å²) < 4.78 is 0. The molecule has 5 heteroatoms. The number of fused-ring (bicyclic) bond motifs is 3. The van der Waals surface area contributed by atoms with Crippen LogP contribution >= 0.6 is 0 Å². The fourth-order valence-electron chi connectivity index (χ4n) is 6.64. The van der Waals surface area contributed by atoms with Crippen LogP contribution in [0, 0.1) is 26.0 Å². The van der Waals surface area contributed by atoms with Gasteiger partial charge in [-0.1, -0.05) is 102 Å². The van der Waals surface area contributed by atoms with Gasteiger partial charge in [0, 0.05) is 61.2 Å². The molecule has 0 unspecified atom stereocenters. The average molecular weight is 859 g/mol. The summed E-state index contributed by atoms with van der Waals surface area (Å²) in [4.78, 5) is 18.3. The maximum absolute atomic E-state index is 4.76. The van der Waals surface area contributed by atoms with E-state index in [0.29, 0.717) is 0 Å². The van der Waals surface area contributed by atoms with E-state index < -0.39 is 0 Å². The monoisotopic (exact) mass is 859 g/mol. The van der Waals surface area contributed by atoms with E-state index in [4.69, 9.17) is 4.98 Å². The third-order valence-electron chi connectivity index (χ3n) is 9.27. The maximum Gasteiger partial charge on any atom is 0.0787 e. The fourth-order valence-corrected chi connectivity index (χ4v) is 6.64. The van der Waals surface area contributed by atoms with Crippen LogP contribution in [0.2, 0.25) is 0 Å². The van der Waals surface area contributed by atoms with Gasteiger partial charge in [-0.25, -0.2) is 0 Å². The van der Waals surface area contributed by atoms with Gasteiger partial charge in [-0.3, -0.25) is 9.97 Å². The second-order valence-electron chi connectivity index (χ2n) is 12.6. The Morgan fingerprint density at radius 1 is 0.453 bits per heavy atom. The molecule has 0 atom stereocenters. The minimum absolute atomic E-state index is 0. The minimum Gasteiger partial charge on any atom is -0.305 e. The average Bonchev–Trinajstić information content (AvgIpc) is 3.22. The van der Waals surface area contributed by atoms with Gasteiger partial charge >= 0.3 is 0 Å². The summed E-state index contributed by atoms with van der Waals surface area (Å²) in [5, 5.41) is 2.24. The number of hydrogen-bond acceptors (Lipinski definition) is 4. The molecule has 0 amide bonds. The molecule has 0 saturated carbocycles. The summed E-state index contributed by atoms with van der Waals surface area (Å²) in [5.41, 5.74) is 15.3. The van der Waals surface area contributed by atoms with Crippen LogP contribution in [0.15, 0.2) is 170 Å². The number of nitrogens with zero attached hydrogens (tertiary/aromatic N) is 4. The van der Waals surface area contributed by atoms with Crippen molar-refractivity contribution in [2.45, 2.75) is 13.8 Å². The predicted octanol–water partition coefficient (Wildman–Crippen LogP) is 11.8. The topological polar surface area (TPSA) is 51.6 Å². The van der Waals surface area contributed by atoms with Gasteiger partial charge in [-0.05, 0) is 71.4 Å². The predicted molar refractivity (Wildman–Crippen MR) is 213 cm³/mol. The maximum atomic E-state index is 4.76. The van der Waals surface area contributed by atoms with Gasteiger partial charge in [0.05, 0.1) is 11.0 Å². The zero-order valence-corrected chi connectivity index (χ0v) is 31.7. The summed E-state index contributed by atoms with van der Waals surface area (Å²) in [5.74, 6) is 0. The van der Waals surface area contributed by atoms with Crippen molar-refractivity contribution in [3.8, 4) is 55.9 Å². The Kier molecular flexibility index (Phi) is 10.7. The molecule has 0 fully saturated rings. The number of benzene rings is 5. The summed E-state index contributed by atoms with van der Waals surface area (Å²) >= 11 is 0. The van der Waals surface area contributed by atoms with Crippen molar-refractivity contribution in [2.75, 3.05) is 0 Å². The van der Waals surface area contributed by atoms with Crippen LogP contribution < -0.4 is 0 Å². The first-order valence-corrected chi connectivity index (χ1v) is 17.3. The third kappa shape index (κ3) is 7.45. The molecule has 5 aromatic carbocycles. The minimum atomic E-state index is 0. The van der Waals surface area contributed by atoms with Gasteiger partial charge in [0.2, 0.25) is 0 Å². The van der Waals surface area contributed by atoms with Crippen LogP contribution in [0.5, 0.6) is 0 Å². The van der Waals surface area contributed by atoms with Crippen molar-refractivity contribution in [1.82, 2.24) is 19.9 Å². The number of aryl methyl sites for hydroxylation is 2. The molecule has 0 bridgehead atoms. The van der Waals surface area contributed by atoms with Crippen LogP contribution in [-0.4, -0.2) is 19.9 Å². The Morgan fingerprint density at radius 2 is 1.15 bits per heavy atom. The quantitative estimate of drug-likeness (QED) is 0.128. The fraction of sp³-hybridized carbons (Fsp3) is 0.0417. The van der Waals surface area contributed by atoms with E-state index in [1.165, 1.54) is 27.8 Å². The Balaban J connectivity index is 0.000000194. The molecule has 257 valence electrons. The summed E-state index contributed by atoms with van der Waals surface area (Å²) in [7, 11) is 0. The Morgan fingerprint density at radius 3 is 1.92 bits per heavy atom. The van der Waals surface area contributed by atoms with Crippen molar-refractivity contribution >= 4 is 21.8 Å². The Labute approximate surface area is 323 Å². The Hall–Kier alpha value is -6.13. The number of pyridine rings is 4. The number of hydrogen-bond donors (Lipinski definition) is 0. The van der Waals surface area contributed by atoms with Gasteiger partial charge < -0.3 is 9.97 Å². The largest absolute Gasteiger partial charge is 0.305 e. The standard InChI is InChI=1S/C31H22N3.C17H12N.Ir/c1-20-10-12-22(28-19-30-24(7-5-15-33-30)25-8-6-16-34-31(25)28)17-26(20)27-18-23(13-11-21(27)2)29-9-3-4-14-32-29;1-2-8-14(9-3-1)15-10-4-5-11-16(15)17-12-6-7-13-18-17;/h3-12,14-19H,1-2H3;1-10,12-13H;/q2*-1;. The zero-order valence-electron chi connectivity index (χ0n) is 29.3. The van der Waals surface area contributed by atoms with Crippen molar-refractivity contribution in [3.05, 3.63) is 194 Å². The normalized spacial score (nSPS) is 10.7. The molecule has 9 aromatic rings. The van der Waals surface area contributed by atoms with Gasteiger partial charge in [0.25, 0.3) is 0 Å². The molecule has 53 heavy (non-hydrogen) atoms. The van der Waals surface area contributed by atoms with Crippen molar-refractivity contribution < 1.29 is 20.1 Å². The van der Waals surface area contributed by atoms with Crippen molar-refractivity contribution in [3.63, 3.8) is 0 Å². The molecular formula is C48H34IrN4-2. The zero-order chi connectivity index (χ0) is 35.3. The summed E-state index contributed by atoms with van der Waals surface area (Å²) in [6.07, 6.45) is 7.34. The number of aromatic nitrogens is 4. The van der Waals surface area contributed by atoms with Crippen LogP contribution in [0.4, 0.5) is 0 Å². The first-order chi connectivity index (χ1) is 25.6. The van der Waals surface area contributed by atoms with Crippen LogP contribution in [0.3, 0.4) is 0 Å². The van der Waals surface area contributed by atoms with Crippen LogP contribution in [-0.2, 0) is 20.1 Å². The van der Waals surface area contributed by atoms with Crippen molar-refractivity contribution in [1.29, 1.82) is 0 Å². The summed E-state index contributed by atoms with van der Waals surface area (Å²) in [6, 6.07) is 56.2. The molecule has 0 saturated heterocycles. The van der Waals surface area contributed by atoms with Gasteiger partial charge in [0.15, 0.2) is 0 Å². The molecule has 1 radical (unpaired) electrons. The second kappa shape index (κ2) is 16.0. The molecule has 0 aliphatic rings. The SMILES string of the molecule is Cc1c[c-]c(-c2ccccn2)cc1-c1cc(-c2cc3ncccc3c3cccnc23)ccc1C.[Ir].[c-]1cccc(-c2ccccc2)c1-c1ccccn1. The van der Waals surface area contributed by atoms with E-state index in [2.05, 4.69) is 108 Å². The van der Waals surface area contributed by atoms with E-state index in [1.54, 1.807) is 0 Å². The van der Waals surface area contributed by atoms with E-state index in [-0.39, 0.29) is 20.1 Å². The molecule has 0 aliphatic carbocycles. The molecule has 9 rings (SSSR count). The summed E-state index contributed by atoms with van der Waals surface area (Å²) in [6.45, 7) is 4.30. The molecule has 0 spiro atoms. The van der Waals surface area contributed by atoms with E-state index in [9.17, 15) is 0 Å². The molecule has 0 N–H and O–H groups in total. The van der Waals surface area contributed by atoms with Gasteiger partial charge in [0.1, 0.15) is 0 Å². The van der Waals surface area contributed by atoms with E-state index in [1.807, 2.05) is 104 Å². The van der Waals surface area contributed by atoms with E-state index >= 15 is 0 Å². The number of rotatable bonds is 5. The third-order valence-corrected chi connectivity index (χ3v) is 9.27. The van der Waals surface area contributed by atoms with Gasteiger partial charge in [-0.15, -0.1) is 59.2 Å². The molecular weight excluding hydrogens is 825 g/mol. The first-order valence-electron chi connectivity index (χ1n) is 17.3. The molecule has 4 heterocycles. The van der Waals surface area contributed by atoms with Crippen LogP contribution in [0.1, 0.15) is 11.1 Å². The van der Waals surface area contributed by atoms with Crippen molar-refractivity contribution in [2.24, 2.45) is 0 Å². The van der Waals surface area contributed by atoms with E-state index in [0.717, 1.165) is 61.0 Å². The molecule has 4 nitrogen and oxygen atoms in total.